The number of carbonyl (C=O) groups is 2. The second-order valence-corrected chi connectivity index (χ2v) is 5.40. The minimum absolute atomic E-state index is 0.0820. The van der Waals surface area contributed by atoms with Gasteiger partial charge in [0.05, 0.1) is 6.54 Å². The van der Waals surface area contributed by atoms with Gasteiger partial charge in [0.1, 0.15) is 0 Å². The van der Waals surface area contributed by atoms with Crippen molar-refractivity contribution in [1.82, 2.24) is 10.6 Å². The molecule has 1 aromatic rings. The fourth-order valence-corrected chi connectivity index (χ4v) is 1.73. The fraction of sp³-hybridized carbons (Fsp3) is 0.333. The summed E-state index contributed by atoms with van der Waals surface area (Å²) in [6.07, 6.45) is 2.00. The van der Waals surface area contributed by atoms with Crippen molar-refractivity contribution in [2.45, 2.75) is 18.9 Å². The van der Waals surface area contributed by atoms with Crippen LogP contribution in [0.2, 0.25) is 0 Å². The van der Waals surface area contributed by atoms with Gasteiger partial charge >= 0.3 is 6.03 Å². The Hall–Kier alpha value is -1.31. The molecule has 0 atom stereocenters. The van der Waals surface area contributed by atoms with E-state index in [-0.39, 0.29) is 18.5 Å². The molecule has 0 unspecified atom stereocenters. The highest BCUT2D eigenvalue weighted by Gasteiger charge is 2.23. The van der Waals surface area contributed by atoms with Gasteiger partial charge in [-0.25, -0.2) is 4.79 Å². The molecule has 0 aromatic heterocycles. The number of rotatable bonds is 4. The Morgan fingerprint density at radius 2 is 1.89 bits per heavy atom. The molecule has 6 heteroatoms. The van der Waals surface area contributed by atoms with Crippen molar-refractivity contribution in [1.29, 1.82) is 0 Å². The third-order valence-electron chi connectivity index (χ3n) is 2.46. The number of carbonyl (C=O) groups excluding carboxylic acids is 2. The summed E-state index contributed by atoms with van der Waals surface area (Å²) >= 11 is 2.21. The van der Waals surface area contributed by atoms with Crippen LogP contribution >= 0.6 is 22.6 Å². The van der Waals surface area contributed by atoms with Crippen LogP contribution in [0, 0.1) is 3.57 Å². The Morgan fingerprint density at radius 3 is 2.50 bits per heavy atom. The highest BCUT2D eigenvalue weighted by molar-refractivity contribution is 14.1. The molecule has 1 aliphatic rings. The molecular formula is C12H14IN3O2. The number of imide groups is 1. The second-order valence-electron chi connectivity index (χ2n) is 4.16. The lowest BCUT2D eigenvalue weighted by Gasteiger charge is -2.07. The minimum atomic E-state index is -0.410. The van der Waals surface area contributed by atoms with Crippen molar-refractivity contribution in [3.8, 4) is 0 Å². The van der Waals surface area contributed by atoms with Crippen molar-refractivity contribution in [3.05, 3.63) is 27.8 Å². The van der Waals surface area contributed by atoms with Gasteiger partial charge in [0.15, 0.2) is 0 Å². The van der Waals surface area contributed by atoms with Gasteiger partial charge in [-0.3, -0.25) is 10.1 Å². The largest absolute Gasteiger partial charge is 0.376 e. The van der Waals surface area contributed by atoms with Crippen molar-refractivity contribution >= 4 is 40.2 Å². The zero-order valence-corrected chi connectivity index (χ0v) is 11.9. The Morgan fingerprint density at radius 1 is 1.22 bits per heavy atom. The molecule has 0 spiro atoms. The Labute approximate surface area is 119 Å². The topological polar surface area (TPSA) is 70.2 Å². The monoisotopic (exact) mass is 359 g/mol. The molecule has 0 aliphatic heterocycles. The van der Waals surface area contributed by atoms with Crippen LogP contribution in [0.25, 0.3) is 0 Å². The van der Waals surface area contributed by atoms with Gasteiger partial charge in [0.25, 0.3) is 0 Å². The summed E-state index contributed by atoms with van der Waals surface area (Å²) < 4.78 is 1.13. The van der Waals surface area contributed by atoms with Crippen LogP contribution in [0.1, 0.15) is 12.8 Å². The molecule has 5 nitrogen and oxygen atoms in total. The predicted octanol–water partition coefficient (Wildman–Crippen LogP) is 1.69. The number of urea groups is 1. The number of amides is 3. The van der Waals surface area contributed by atoms with Gasteiger partial charge in [-0.05, 0) is 59.7 Å². The van der Waals surface area contributed by atoms with E-state index >= 15 is 0 Å². The summed E-state index contributed by atoms with van der Waals surface area (Å²) in [6.45, 7) is 0.0820. The van der Waals surface area contributed by atoms with Crippen LogP contribution in [-0.2, 0) is 4.79 Å². The number of nitrogens with one attached hydrogen (secondary N) is 3. The third-order valence-corrected chi connectivity index (χ3v) is 3.18. The first-order valence-electron chi connectivity index (χ1n) is 5.73. The molecule has 1 fully saturated rings. The van der Waals surface area contributed by atoms with Crippen LogP contribution in [-0.4, -0.2) is 24.5 Å². The van der Waals surface area contributed by atoms with E-state index in [0.29, 0.717) is 0 Å². The standard InChI is InChI=1S/C12H14IN3O2/c13-8-1-3-9(4-2-8)14-7-11(17)16-12(18)15-10-5-6-10/h1-4,10,14H,5-7H2,(H2,15,16,17,18). The smallest absolute Gasteiger partial charge is 0.321 e. The van der Waals surface area contributed by atoms with Crippen LogP contribution < -0.4 is 16.0 Å². The average molecular weight is 359 g/mol. The van der Waals surface area contributed by atoms with E-state index in [1.807, 2.05) is 24.3 Å². The number of anilines is 1. The quantitative estimate of drug-likeness (QED) is 0.717. The molecule has 1 aliphatic carbocycles. The molecular weight excluding hydrogens is 345 g/mol. The van der Waals surface area contributed by atoms with Crippen molar-refractivity contribution in [2.75, 3.05) is 11.9 Å². The molecule has 2 rings (SSSR count). The lowest BCUT2D eigenvalue weighted by molar-refractivity contribution is -0.118. The zero-order valence-electron chi connectivity index (χ0n) is 9.70. The van der Waals surface area contributed by atoms with E-state index in [9.17, 15) is 9.59 Å². The summed E-state index contributed by atoms with van der Waals surface area (Å²) in [4.78, 5) is 22.7. The maximum Gasteiger partial charge on any atom is 0.321 e. The molecule has 18 heavy (non-hydrogen) atoms. The molecule has 0 heterocycles. The van der Waals surface area contributed by atoms with Crippen molar-refractivity contribution < 1.29 is 9.59 Å². The second kappa shape index (κ2) is 6.03. The van der Waals surface area contributed by atoms with Crippen molar-refractivity contribution in [2.24, 2.45) is 0 Å². The molecule has 3 N–H and O–H groups in total. The predicted molar refractivity (Wildman–Crippen MR) is 77.3 cm³/mol. The Balaban J connectivity index is 1.70. The van der Waals surface area contributed by atoms with E-state index in [1.54, 1.807) is 0 Å². The van der Waals surface area contributed by atoms with E-state index in [0.717, 1.165) is 22.1 Å². The minimum Gasteiger partial charge on any atom is -0.376 e. The van der Waals surface area contributed by atoms with Gasteiger partial charge in [0, 0.05) is 15.3 Å². The third kappa shape index (κ3) is 4.52. The molecule has 3 amide bonds. The Bertz CT molecular complexity index is 443. The lowest BCUT2D eigenvalue weighted by atomic mass is 10.3. The summed E-state index contributed by atoms with van der Waals surface area (Å²) in [5.74, 6) is -0.341. The highest BCUT2D eigenvalue weighted by Crippen LogP contribution is 2.18. The first-order valence-corrected chi connectivity index (χ1v) is 6.81. The number of benzene rings is 1. The maximum atomic E-state index is 11.5. The van der Waals surface area contributed by atoms with E-state index < -0.39 is 6.03 Å². The average Bonchev–Trinajstić information content (AvgIpc) is 3.12. The molecule has 0 saturated heterocycles. The normalized spacial score (nSPS) is 13.8. The zero-order chi connectivity index (χ0) is 13.0. The molecule has 0 radical (unpaired) electrons. The molecule has 0 bridgehead atoms. The molecule has 96 valence electrons. The van der Waals surface area contributed by atoms with Crippen LogP contribution in [0.4, 0.5) is 10.5 Å². The van der Waals surface area contributed by atoms with Crippen LogP contribution in [0.3, 0.4) is 0 Å². The number of hydrogen-bond acceptors (Lipinski definition) is 3. The summed E-state index contributed by atoms with van der Waals surface area (Å²) in [7, 11) is 0. The summed E-state index contributed by atoms with van der Waals surface area (Å²) in [5, 5.41) is 7.92. The first-order chi connectivity index (χ1) is 8.63. The van der Waals surface area contributed by atoms with Gasteiger partial charge in [-0.2, -0.15) is 0 Å². The van der Waals surface area contributed by atoms with Crippen LogP contribution in [0.15, 0.2) is 24.3 Å². The van der Waals surface area contributed by atoms with Crippen LogP contribution in [0.5, 0.6) is 0 Å². The SMILES string of the molecule is O=C(CNc1ccc(I)cc1)NC(=O)NC1CC1. The van der Waals surface area contributed by atoms with Gasteiger partial charge < -0.3 is 10.6 Å². The molecule has 1 saturated carbocycles. The van der Waals surface area contributed by atoms with Gasteiger partial charge in [-0.15, -0.1) is 0 Å². The van der Waals surface area contributed by atoms with Gasteiger partial charge in [-0.1, -0.05) is 0 Å². The van der Waals surface area contributed by atoms with E-state index in [2.05, 4.69) is 38.5 Å². The number of hydrogen-bond donors (Lipinski definition) is 3. The summed E-state index contributed by atoms with van der Waals surface area (Å²) in [5.41, 5.74) is 0.855. The van der Waals surface area contributed by atoms with E-state index in [4.69, 9.17) is 0 Å². The van der Waals surface area contributed by atoms with Crippen molar-refractivity contribution in [3.63, 3.8) is 0 Å². The Kier molecular flexibility index (Phi) is 4.40. The first kappa shape index (κ1) is 13.1. The fourth-order valence-electron chi connectivity index (χ4n) is 1.37. The lowest BCUT2D eigenvalue weighted by Crippen LogP contribution is -2.42. The maximum absolute atomic E-state index is 11.5. The van der Waals surface area contributed by atoms with E-state index in [1.165, 1.54) is 0 Å². The molecule has 1 aromatic carbocycles. The van der Waals surface area contributed by atoms with Gasteiger partial charge in [0.2, 0.25) is 5.91 Å². The number of halogens is 1. The summed E-state index contributed by atoms with van der Waals surface area (Å²) in [6, 6.07) is 7.51. The highest BCUT2D eigenvalue weighted by atomic mass is 127.